The van der Waals surface area contributed by atoms with Gasteiger partial charge in [0.15, 0.2) is 12.0 Å². The molecule has 0 aromatic heterocycles. The van der Waals surface area contributed by atoms with Gasteiger partial charge in [-0.1, -0.05) is 54.1 Å². The van der Waals surface area contributed by atoms with E-state index in [0.717, 1.165) is 28.3 Å². The Morgan fingerprint density at radius 3 is 2.16 bits per heavy atom. The van der Waals surface area contributed by atoms with Gasteiger partial charge in [-0.25, -0.2) is 10.0 Å². The average molecular weight is 425 g/mol. The van der Waals surface area contributed by atoms with Crippen LogP contribution in [0.15, 0.2) is 77.8 Å². The van der Waals surface area contributed by atoms with Gasteiger partial charge in [0.05, 0.1) is 22.5 Å². The molecule has 1 unspecified atom stereocenters. The molecule has 0 radical (unpaired) electrons. The highest BCUT2D eigenvalue weighted by Gasteiger charge is 2.46. The highest BCUT2D eigenvalue weighted by atomic mass is 16.2. The number of amidine groups is 1. The first-order valence-corrected chi connectivity index (χ1v) is 11.0. The number of carbonyl (C=O) groups excluding carboxylic acids is 1. The first kappa shape index (κ1) is 20.3. The van der Waals surface area contributed by atoms with Crippen molar-refractivity contribution in [1.29, 1.82) is 0 Å². The average Bonchev–Trinajstić information content (AvgIpc) is 2.77. The van der Waals surface area contributed by atoms with Crippen LogP contribution >= 0.6 is 0 Å². The highest BCUT2D eigenvalue weighted by molar-refractivity contribution is 6.16. The molecule has 3 aromatic rings. The number of hydrogen-bond acceptors (Lipinski definition) is 3. The summed E-state index contributed by atoms with van der Waals surface area (Å²) in [7, 11) is 2.05. The summed E-state index contributed by atoms with van der Waals surface area (Å²) in [6.45, 7) is 8.32. The fourth-order valence-corrected chi connectivity index (χ4v) is 4.53. The zero-order valence-electron chi connectivity index (χ0n) is 19.2. The van der Waals surface area contributed by atoms with Crippen LogP contribution < -0.4 is 9.91 Å². The molecule has 0 N–H and O–H groups in total. The van der Waals surface area contributed by atoms with Crippen LogP contribution in [0.1, 0.15) is 54.0 Å². The molecule has 0 aliphatic carbocycles. The Bertz CT molecular complexity index is 1220. The molecule has 3 aromatic carbocycles. The van der Waals surface area contributed by atoms with Gasteiger partial charge in [0.25, 0.3) is 5.91 Å². The van der Waals surface area contributed by atoms with E-state index in [1.165, 1.54) is 5.56 Å². The number of nitrogens with zero attached hydrogens (tertiary/aromatic N) is 4. The molecule has 2 aliphatic rings. The van der Waals surface area contributed by atoms with Crippen molar-refractivity contribution >= 4 is 23.1 Å². The predicted octanol–water partition coefficient (Wildman–Crippen LogP) is 5.57. The zero-order valence-corrected chi connectivity index (χ0v) is 19.2. The second-order valence-electron chi connectivity index (χ2n) is 9.49. The molecule has 0 fully saturated rings. The monoisotopic (exact) mass is 424 g/mol. The van der Waals surface area contributed by atoms with E-state index >= 15 is 0 Å². The maximum absolute atomic E-state index is 14.0. The van der Waals surface area contributed by atoms with Crippen LogP contribution in [0.2, 0.25) is 0 Å². The molecule has 1 atom stereocenters. The Kier molecular flexibility index (Phi) is 4.59. The number of anilines is 2. The van der Waals surface area contributed by atoms with E-state index in [2.05, 4.69) is 76.0 Å². The second kappa shape index (κ2) is 7.23. The van der Waals surface area contributed by atoms with Crippen molar-refractivity contribution in [3.05, 3.63) is 95.1 Å². The van der Waals surface area contributed by atoms with E-state index in [1.807, 2.05) is 46.4 Å². The summed E-state index contributed by atoms with van der Waals surface area (Å²) in [5.74, 6) is 0.759. The van der Waals surface area contributed by atoms with Crippen molar-refractivity contribution in [3.63, 3.8) is 0 Å². The molecule has 2 heterocycles. The Morgan fingerprint density at radius 2 is 1.47 bits per heavy atom. The third-order valence-corrected chi connectivity index (χ3v) is 5.94. The third kappa shape index (κ3) is 3.16. The second-order valence-corrected chi connectivity index (χ2v) is 9.49. The van der Waals surface area contributed by atoms with Crippen molar-refractivity contribution in [2.75, 3.05) is 17.0 Å². The van der Waals surface area contributed by atoms with Gasteiger partial charge in [-0.15, -0.1) is 0 Å². The van der Waals surface area contributed by atoms with Crippen LogP contribution in [-0.2, 0) is 0 Å². The first-order chi connectivity index (χ1) is 15.3. The SMILES string of the molecule is Cc1ccc(N2C(=NC(C)(C)C)c3ccccc3C3N(C)c4ccccc4C(=O)N32)cc1. The fraction of sp³-hybridized carbons (Fsp3) is 0.259. The number of rotatable bonds is 1. The smallest absolute Gasteiger partial charge is 0.277 e. The van der Waals surface area contributed by atoms with Gasteiger partial charge < -0.3 is 4.90 Å². The van der Waals surface area contributed by atoms with E-state index in [4.69, 9.17) is 4.99 Å². The van der Waals surface area contributed by atoms with Gasteiger partial charge in [-0.3, -0.25) is 9.79 Å². The lowest BCUT2D eigenvalue weighted by Crippen LogP contribution is -2.61. The summed E-state index contributed by atoms with van der Waals surface area (Å²) >= 11 is 0. The van der Waals surface area contributed by atoms with Gasteiger partial charge in [0.1, 0.15) is 0 Å². The van der Waals surface area contributed by atoms with Crippen molar-refractivity contribution < 1.29 is 4.79 Å². The number of aryl methyl sites for hydroxylation is 1. The summed E-state index contributed by atoms with van der Waals surface area (Å²) < 4.78 is 0. The van der Waals surface area contributed by atoms with E-state index in [-0.39, 0.29) is 17.6 Å². The molecule has 32 heavy (non-hydrogen) atoms. The summed E-state index contributed by atoms with van der Waals surface area (Å²) in [4.78, 5) is 21.3. The lowest BCUT2D eigenvalue weighted by atomic mass is 9.95. The molecule has 0 saturated heterocycles. The molecule has 5 heteroatoms. The van der Waals surface area contributed by atoms with Crippen molar-refractivity contribution in [1.82, 2.24) is 5.01 Å². The Labute approximate surface area is 189 Å². The topological polar surface area (TPSA) is 39.1 Å². The Hall–Kier alpha value is -3.60. The quantitative estimate of drug-likeness (QED) is 0.513. The lowest BCUT2D eigenvalue weighted by Gasteiger charge is -2.52. The predicted molar refractivity (Wildman–Crippen MR) is 130 cm³/mol. The number of aliphatic imine (C=N–C) groups is 1. The summed E-state index contributed by atoms with van der Waals surface area (Å²) in [5.41, 5.74) is 5.52. The maximum atomic E-state index is 14.0. The molecule has 5 nitrogen and oxygen atoms in total. The molecule has 1 amide bonds. The molecule has 0 bridgehead atoms. The normalized spacial score (nSPS) is 19.0. The van der Waals surface area contributed by atoms with Crippen LogP contribution in [0, 0.1) is 6.92 Å². The minimum absolute atomic E-state index is 0.0274. The summed E-state index contributed by atoms with van der Waals surface area (Å²) in [6.07, 6.45) is -0.270. The van der Waals surface area contributed by atoms with Gasteiger partial charge in [-0.05, 0) is 52.0 Å². The van der Waals surface area contributed by atoms with Gasteiger partial charge >= 0.3 is 0 Å². The van der Waals surface area contributed by atoms with Crippen LogP contribution in [0.3, 0.4) is 0 Å². The number of amides is 1. The number of para-hydroxylation sites is 1. The fourth-order valence-electron chi connectivity index (χ4n) is 4.53. The van der Waals surface area contributed by atoms with Crippen LogP contribution in [0.4, 0.5) is 11.4 Å². The largest absolute Gasteiger partial charge is 0.348 e. The number of fused-ring (bicyclic) bond motifs is 4. The highest BCUT2D eigenvalue weighted by Crippen LogP contribution is 2.44. The molecule has 5 rings (SSSR count). The number of carbonyl (C=O) groups is 1. The minimum atomic E-state index is -0.319. The van der Waals surface area contributed by atoms with Crippen molar-refractivity contribution in [2.24, 2.45) is 4.99 Å². The third-order valence-electron chi connectivity index (χ3n) is 5.94. The van der Waals surface area contributed by atoms with Crippen molar-refractivity contribution in [3.8, 4) is 0 Å². The van der Waals surface area contributed by atoms with Crippen LogP contribution in [0.5, 0.6) is 0 Å². The van der Waals surface area contributed by atoms with Gasteiger partial charge in [0.2, 0.25) is 0 Å². The summed E-state index contributed by atoms with van der Waals surface area (Å²) in [5, 5.41) is 3.87. The van der Waals surface area contributed by atoms with E-state index in [0.29, 0.717) is 5.56 Å². The van der Waals surface area contributed by atoms with E-state index < -0.39 is 0 Å². The molecule has 2 aliphatic heterocycles. The number of hydrogen-bond donors (Lipinski definition) is 0. The minimum Gasteiger partial charge on any atom is -0.348 e. The molecule has 0 spiro atoms. The molecular weight excluding hydrogens is 396 g/mol. The van der Waals surface area contributed by atoms with E-state index in [9.17, 15) is 4.79 Å². The number of hydrazine groups is 1. The Balaban J connectivity index is 1.83. The maximum Gasteiger partial charge on any atom is 0.277 e. The molecule has 162 valence electrons. The van der Waals surface area contributed by atoms with Gasteiger partial charge in [-0.2, -0.15) is 0 Å². The first-order valence-electron chi connectivity index (χ1n) is 11.0. The van der Waals surface area contributed by atoms with E-state index in [1.54, 1.807) is 0 Å². The van der Waals surface area contributed by atoms with Crippen molar-refractivity contribution in [2.45, 2.75) is 39.4 Å². The zero-order chi connectivity index (χ0) is 22.6. The molecular formula is C27H28N4O. The Morgan fingerprint density at radius 1 is 0.844 bits per heavy atom. The summed E-state index contributed by atoms with van der Waals surface area (Å²) in [6, 6.07) is 24.4. The lowest BCUT2D eigenvalue weighted by molar-refractivity contribution is 0.0653. The van der Waals surface area contributed by atoms with Crippen LogP contribution in [0.25, 0.3) is 0 Å². The number of benzene rings is 3. The standard InChI is InChI=1S/C27H28N4O/c1-18-14-16-19(17-15-18)30-24(28-27(2,3)4)20-10-6-7-11-21(20)25-29(5)23-13-9-8-12-22(23)26(32)31(25)30/h6-17,25H,1-5H3. The molecule has 0 saturated carbocycles. The van der Waals surface area contributed by atoms with Gasteiger partial charge in [0, 0.05) is 18.2 Å². The van der Waals surface area contributed by atoms with Crippen LogP contribution in [-0.4, -0.2) is 29.3 Å².